The van der Waals surface area contributed by atoms with E-state index in [-0.39, 0.29) is 0 Å². The van der Waals surface area contributed by atoms with Crippen molar-refractivity contribution in [2.75, 3.05) is 0 Å². The van der Waals surface area contributed by atoms with Crippen molar-refractivity contribution in [3.8, 4) is 11.8 Å². The van der Waals surface area contributed by atoms with E-state index >= 15 is 0 Å². The lowest BCUT2D eigenvalue weighted by molar-refractivity contribution is 1.15. The van der Waals surface area contributed by atoms with E-state index in [1.54, 1.807) is 0 Å². The molecule has 0 fully saturated rings. The molecular formula is C16H11ClN2. The van der Waals surface area contributed by atoms with E-state index < -0.39 is 0 Å². The summed E-state index contributed by atoms with van der Waals surface area (Å²) < 4.78 is 1.97. The van der Waals surface area contributed by atoms with Crippen LogP contribution in [0.2, 0.25) is 0 Å². The third kappa shape index (κ3) is 2.33. The van der Waals surface area contributed by atoms with Crippen LogP contribution in [0.5, 0.6) is 0 Å². The number of rotatable bonds is 1. The van der Waals surface area contributed by atoms with E-state index in [0.717, 1.165) is 22.6 Å². The van der Waals surface area contributed by atoms with Gasteiger partial charge in [-0.25, -0.2) is 4.98 Å². The highest BCUT2D eigenvalue weighted by Gasteiger charge is 2.08. The molecule has 0 aliphatic carbocycles. The number of fused-ring (bicyclic) bond motifs is 1. The molecule has 0 radical (unpaired) electrons. The topological polar surface area (TPSA) is 17.3 Å². The van der Waals surface area contributed by atoms with Gasteiger partial charge >= 0.3 is 0 Å². The first-order valence-electron chi connectivity index (χ1n) is 5.97. The Balaban J connectivity index is 2.12. The lowest BCUT2D eigenvalue weighted by Gasteiger charge is -1.94. The molecule has 2 aromatic heterocycles. The molecule has 0 spiro atoms. The largest absolute Gasteiger partial charge is 0.293 e. The number of hydrogen-bond acceptors (Lipinski definition) is 1. The number of imidazole rings is 1. The molecule has 0 atom stereocenters. The van der Waals surface area contributed by atoms with Gasteiger partial charge in [0.2, 0.25) is 0 Å². The Hall–Kier alpha value is -2.24. The summed E-state index contributed by atoms with van der Waals surface area (Å²) in [5.41, 5.74) is 3.52. The molecule has 0 N–H and O–H groups in total. The minimum Gasteiger partial charge on any atom is -0.293 e. The van der Waals surface area contributed by atoms with E-state index in [1.165, 1.54) is 0 Å². The van der Waals surface area contributed by atoms with Gasteiger partial charge in [-0.3, -0.25) is 4.40 Å². The molecule has 19 heavy (non-hydrogen) atoms. The highest BCUT2D eigenvalue weighted by Crippen LogP contribution is 2.13. The fourth-order valence-electron chi connectivity index (χ4n) is 1.92. The zero-order chi connectivity index (χ0) is 13.1. The van der Waals surface area contributed by atoms with Crippen LogP contribution in [-0.4, -0.2) is 9.38 Å². The molecule has 2 heterocycles. The Morgan fingerprint density at radius 2 is 1.79 bits per heavy atom. The first-order chi connectivity index (χ1) is 9.38. The average molecular weight is 267 g/mol. The zero-order valence-corrected chi connectivity index (χ0v) is 10.9. The summed E-state index contributed by atoms with van der Waals surface area (Å²) in [6, 6.07) is 15.7. The number of aromatic nitrogens is 2. The SMILES string of the molecule is ClCc1nc2ccccn2c1C#Cc1ccccc1. The molecule has 0 aliphatic rings. The van der Waals surface area contributed by atoms with E-state index in [1.807, 2.05) is 59.1 Å². The molecule has 0 bridgehead atoms. The van der Waals surface area contributed by atoms with Crippen molar-refractivity contribution in [2.45, 2.75) is 5.88 Å². The van der Waals surface area contributed by atoms with Gasteiger partial charge in [-0.2, -0.15) is 0 Å². The van der Waals surface area contributed by atoms with Gasteiger partial charge in [0.1, 0.15) is 11.3 Å². The highest BCUT2D eigenvalue weighted by atomic mass is 35.5. The summed E-state index contributed by atoms with van der Waals surface area (Å²) in [5, 5.41) is 0. The summed E-state index contributed by atoms with van der Waals surface area (Å²) >= 11 is 5.94. The molecule has 0 amide bonds. The predicted octanol–water partition coefficient (Wildman–Crippen LogP) is 3.47. The van der Waals surface area contributed by atoms with Crippen LogP contribution in [0.1, 0.15) is 17.0 Å². The normalized spacial score (nSPS) is 10.2. The number of halogens is 1. The van der Waals surface area contributed by atoms with Crippen LogP contribution in [0.4, 0.5) is 0 Å². The number of alkyl halides is 1. The van der Waals surface area contributed by atoms with Gasteiger partial charge in [-0.1, -0.05) is 30.2 Å². The quantitative estimate of drug-likeness (QED) is 0.487. The molecule has 3 heteroatoms. The van der Waals surface area contributed by atoms with Gasteiger partial charge in [0.05, 0.1) is 11.6 Å². The molecule has 0 aliphatic heterocycles. The monoisotopic (exact) mass is 266 g/mol. The predicted molar refractivity (Wildman–Crippen MR) is 77.2 cm³/mol. The van der Waals surface area contributed by atoms with Crippen molar-refractivity contribution < 1.29 is 0 Å². The molecule has 3 aromatic rings. The smallest absolute Gasteiger partial charge is 0.138 e. The van der Waals surface area contributed by atoms with Crippen molar-refractivity contribution in [3.63, 3.8) is 0 Å². The summed E-state index contributed by atoms with van der Waals surface area (Å²) in [7, 11) is 0. The maximum absolute atomic E-state index is 5.94. The lowest BCUT2D eigenvalue weighted by Crippen LogP contribution is -1.89. The van der Waals surface area contributed by atoms with E-state index in [9.17, 15) is 0 Å². The molecule has 0 saturated heterocycles. The third-order valence-corrected chi connectivity index (χ3v) is 3.08. The Morgan fingerprint density at radius 1 is 1.00 bits per heavy atom. The molecule has 92 valence electrons. The molecule has 3 rings (SSSR count). The average Bonchev–Trinajstić information content (AvgIpc) is 2.84. The maximum atomic E-state index is 5.94. The maximum Gasteiger partial charge on any atom is 0.138 e. The van der Waals surface area contributed by atoms with Crippen molar-refractivity contribution in [1.82, 2.24) is 9.38 Å². The van der Waals surface area contributed by atoms with Crippen molar-refractivity contribution in [1.29, 1.82) is 0 Å². The van der Waals surface area contributed by atoms with Gasteiger partial charge < -0.3 is 0 Å². The minimum absolute atomic E-state index is 0.362. The van der Waals surface area contributed by atoms with Crippen LogP contribution in [-0.2, 0) is 5.88 Å². The van der Waals surface area contributed by atoms with E-state index in [2.05, 4.69) is 16.8 Å². The van der Waals surface area contributed by atoms with Crippen molar-refractivity contribution >= 4 is 17.2 Å². The van der Waals surface area contributed by atoms with Crippen LogP contribution >= 0.6 is 11.6 Å². The highest BCUT2D eigenvalue weighted by molar-refractivity contribution is 6.17. The van der Waals surface area contributed by atoms with Crippen LogP contribution in [0, 0.1) is 11.8 Å². The molecule has 0 saturated carbocycles. The van der Waals surface area contributed by atoms with Crippen LogP contribution in [0.3, 0.4) is 0 Å². The summed E-state index contributed by atoms with van der Waals surface area (Å²) in [6.07, 6.45) is 1.95. The fraction of sp³-hybridized carbons (Fsp3) is 0.0625. The minimum atomic E-state index is 0.362. The number of nitrogens with zero attached hydrogens (tertiary/aromatic N) is 2. The molecule has 2 nitrogen and oxygen atoms in total. The van der Waals surface area contributed by atoms with Crippen LogP contribution in [0.15, 0.2) is 54.7 Å². The summed E-state index contributed by atoms with van der Waals surface area (Å²) in [4.78, 5) is 4.47. The second kappa shape index (κ2) is 5.17. The molecule has 0 unspecified atom stereocenters. The Labute approximate surface area is 116 Å². The second-order valence-corrected chi connectivity index (χ2v) is 4.35. The van der Waals surface area contributed by atoms with Crippen LogP contribution < -0.4 is 0 Å². The van der Waals surface area contributed by atoms with E-state index in [4.69, 9.17) is 11.6 Å². The Morgan fingerprint density at radius 3 is 2.58 bits per heavy atom. The zero-order valence-electron chi connectivity index (χ0n) is 10.2. The lowest BCUT2D eigenvalue weighted by atomic mass is 10.2. The first-order valence-corrected chi connectivity index (χ1v) is 6.51. The molecular weight excluding hydrogens is 256 g/mol. The molecule has 1 aromatic carbocycles. The number of benzene rings is 1. The number of hydrogen-bond donors (Lipinski definition) is 0. The fourth-order valence-corrected chi connectivity index (χ4v) is 2.11. The van der Waals surface area contributed by atoms with Crippen molar-refractivity contribution in [3.05, 3.63) is 71.7 Å². The van der Waals surface area contributed by atoms with Gasteiger partial charge in [0, 0.05) is 11.8 Å². The number of pyridine rings is 1. The van der Waals surface area contributed by atoms with Crippen LogP contribution in [0.25, 0.3) is 5.65 Å². The van der Waals surface area contributed by atoms with Gasteiger partial charge in [-0.15, -0.1) is 11.6 Å². The Kier molecular flexibility index (Phi) is 3.22. The van der Waals surface area contributed by atoms with Crippen molar-refractivity contribution in [2.24, 2.45) is 0 Å². The third-order valence-electron chi connectivity index (χ3n) is 2.83. The second-order valence-electron chi connectivity index (χ2n) is 4.09. The van der Waals surface area contributed by atoms with E-state index in [0.29, 0.717) is 5.88 Å². The first kappa shape index (κ1) is 11.8. The summed E-state index contributed by atoms with van der Waals surface area (Å²) in [5.74, 6) is 6.68. The standard InChI is InChI=1S/C16H11ClN2/c17-12-14-15(10-9-13-6-2-1-3-7-13)19-11-5-4-8-16(19)18-14/h1-8,11H,12H2. The van der Waals surface area contributed by atoms with Gasteiger partial charge in [-0.05, 0) is 30.2 Å². The van der Waals surface area contributed by atoms with Gasteiger partial charge in [0.15, 0.2) is 0 Å². The van der Waals surface area contributed by atoms with Gasteiger partial charge in [0.25, 0.3) is 0 Å². The summed E-state index contributed by atoms with van der Waals surface area (Å²) in [6.45, 7) is 0. The Bertz CT molecular complexity index is 764.